The Balaban J connectivity index is 2.14. The topological polar surface area (TPSA) is 70.2 Å². The molecule has 2 aliphatic heterocycles. The van der Waals surface area contributed by atoms with E-state index in [-0.39, 0.29) is 24.1 Å². The molecule has 2 fully saturated rings. The molecule has 1 amide bonds. The molecule has 0 aromatic rings. The highest BCUT2D eigenvalue weighted by Gasteiger charge is 2.45. The smallest absolute Gasteiger partial charge is 0.248 e. The van der Waals surface area contributed by atoms with Gasteiger partial charge in [0.1, 0.15) is 6.61 Å². The summed E-state index contributed by atoms with van der Waals surface area (Å²) in [6, 6.07) is 0.0398. The summed E-state index contributed by atoms with van der Waals surface area (Å²) in [5.74, 6) is -0.0357. The Morgan fingerprint density at radius 1 is 1.29 bits per heavy atom. The number of rotatable bonds is 3. The second-order valence-electron chi connectivity index (χ2n) is 6.49. The Morgan fingerprint density at radius 3 is 2.52 bits per heavy atom. The average molecular weight is 319 g/mol. The molecule has 0 N–H and O–H groups in total. The highest BCUT2D eigenvalue weighted by molar-refractivity contribution is 7.88. The van der Waals surface area contributed by atoms with Crippen molar-refractivity contribution in [2.45, 2.75) is 25.4 Å². The summed E-state index contributed by atoms with van der Waals surface area (Å²) in [6.07, 6.45) is 1.25. The quantitative estimate of drug-likeness (QED) is 0.681. The number of methoxy groups -OCH3 is 1. The lowest BCUT2D eigenvalue weighted by Gasteiger charge is -2.54. The Bertz CT molecular complexity index is 506. The van der Waals surface area contributed by atoms with Gasteiger partial charge in [0.05, 0.1) is 6.26 Å². The summed E-state index contributed by atoms with van der Waals surface area (Å²) < 4.78 is 30.2. The van der Waals surface area contributed by atoms with E-state index in [0.29, 0.717) is 26.2 Å². The molecule has 0 radical (unpaired) electrons. The van der Waals surface area contributed by atoms with E-state index in [1.807, 2.05) is 0 Å². The number of nitrogens with zero attached hydrogens (tertiary/aromatic N) is 3. The fraction of sp³-hybridized carbons (Fsp3) is 0.923. The van der Waals surface area contributed by atoms with Crippen molar-refractivity contribution in [2.24, 2.45) is 0 Å². The Morgan fingerprint density at radius 2 is 1.95 bits per heavy atom. The van der Waals surface area contributed by atoms with Gasteiger partial charge in [-0.3, -0.25) is 9.69 Å². The molecule has 0 aromatic heterocycles. The first-order chi connectivity index (χ1) is 9.65. The second kappa shape index (κ2) is 5.83. The minimum atomic E-state index is -3.22. The predicted molar refractivity (Wildman–Crippen MR) is 79.4 cm³/mol. The van der Waals surface area contributed by atoms with E-state index < -0.39 is 10.0 Å². The van der Waals surface area contributed by atoms with Gasteiger partial charge in [-0.1, -0.05) is 0 Å². The highest BCUT2D eigenvalue weighted by atomic mass is 32.2. The molecule has 0 bridgehead atoms. The fourth-order valence-corrected chi connectivity index (χ4v) is 4.32. The first-order valence-electron chi connectivity index (χ1n) is 7.14. The van der Waals surface area contributed by atoms with Crippen LogP contribution in [0.25, 0.3) is 0 Å². The fourth-order valence-electron chi connectivity index (χ4n) is 3.32. The van der Waals surface area contributed by atoms with Crippen LogP contribution >= 0.6 is 0 Å². The molecular formula is C13H25N3O4S. The number of ether oxygens (including phenoxy) is 1. The third-order valence-electron chi connectivity index (χ3n) is 4.33. The maximum absolute atomic E-state index is 12.0. The van der Waals surface area contributed by atoms with E-state index in [0.717, 1.165) is 6.54 Å². The predicted octanol–water partition coefficient (Wildman–Crippen LogP) is -0.801. The van der Waals surface area contributed by atoms with Crippen LogP contribution in [0.15, 0.2) is 0 Å². The van der Waals surface area contributed by atoms with Crippen LogP contribution in [0.1, 0.15) is 13.8 Å². The Labute approximate surface area is 126 Å². The molecule has 122 valence electrons. The first-order valence-corrected chi connectivity index (χ1v) is 8.98. The molecule has 7 nitrogen and oxygen atoms in total. The van der Waals surface area contributed by atoms with Crippen molar-refractivity contribution in [3.05, 3.63) is 0 Å². The van der Waals surface area contributed by atoms with Gasteiger partial charge in [-0.05, 0) is 13.8 Å². The molecule has 8 heteroatoms. The van der Waals surface area contributed by atoms with Gasteiger partial charge >= 0.3 is 0 Å². The van der Waals surface area contributed by atoms with Crippen molar-refractivity contribution >= 4 is 15.9 Å². The number of fused-ring (bicyclic) bond motifs is 1. The number of carbonyl (C=O) groups excluding carboxylic acids is 1. The van der Waals surface area contributed by atoms with Crippen LogP contribution in [0.5, 0.6) is 0 Å². The van der Waals surface area contributed by atoms with Gasteiger partial charge in [0, 0.05) is 51.4 Å². The van der Waals surface area contributed by atoms with Crippen LogP contribution in [-0.2, 0) is 19.6 Å². The van der Waals surface area contributed by atoms with E-state index in [1.165, 1.54) is 17.7 Å². The van der Waals surface area contributed by atoms with Gasteiger partial charge in [0.15, 0.2) is 0 Å². The molecule has 0 unspecified atom stereocenters. The lowest BCUT2D eigenvalue weighted by Crippen LogP contribution is -2.70. The molecular weight excluding hydrogens is 294 g/mol. The molecule has 2 rings (SSSR count). The summed E-state index contributed by atoms with van der Waals surface area (Å²) in [4.78, 5) is 16.1. The first kappa shape index (κ1) is 16.7. The van der Waals surface area contributed by atoms with E-state index in [4.69, 9.17) is 4.74 Å². The number of sulfonamides is 1. The van der Waals surface area contributed by atoms with Crippen LogP contribution in [0.4, 0.5) is 0 Å². The van der Waals surface area contributed by atoms with E-state index in [1.54, 1.807) is 4.90 Å². The van der Waals surface area contributed by atoms with E-state index >= 15 is 0 Å². The lowest BCUT2D eigenvalue weighted by atomic mass is 9.94. The van der Waals surface area contributed by atoms with E-state index in [2.05, 4.69) is 18.7 Å². The van der Waals surface area contributed by atoms with E-state index in [9.17, 15) is 13.2 Å². The molecule has 1 atom stereocenters. The third-order valence-corrected chi connectivity index (χ3v) is 5.54. The van der Waals surface area contributed by atoms with Crippen molar-refractivity contribution in [3.63, 3.8) is 0 Å². The van der Waals surface area contributed by atoms with Crippen LogP contribution < -0.4 is 0 Å². The minimum absolute atomic E-state index is 0.0357. The Kier molecular flexibility index (Phi) is 4.63. The van der Waals surface area contributed by atoms with Gasteiger partial charge in [-0.2, -0.15) is 4.31 Å². The number of hydrogen-bond donors (Lipinski definition) is 0. The largest absolute Gasteiger partial charge is 0.375 e. The normalized spacial score (nSPS) is 27.4. The van der Waals surface area contributed by atoms with Crippen LogP contribution in [0, 0.1) is 0 Å². The standard InChI is InChI=1S/C13H25N3O4S/c1-13(2)10-15(21(4,18)19)8-11-7-14(5-6-16(11)13)12(17)9-20-3/h11H,5-10H2,1-4H3/t11-/m0/s1. The number of carbonyl (C=O) groups is 1. The third kappa shape index (κ3) is 3.56. The SMILES string of the molecule is COCC(=O)N1CCN2[C@@H](C1)CN(S(C)(=O)=O)CC2(C)C. The summed E-state index contributed by atoms with van der Waals surface area (Å²) >= 11 is 0. The molecule has 2 saturated heterocycles. The summed E-state index contributed by atoms with van der Waals surface area (Å²) in [6.45, 7) is 7.12. The lowest BCUT2D eigenvalue weighted by molar-refractivity contribution is -0.141. The summed E-state index contributed by atoms with van der Waals surface area (Å²) in [7, 11) is -1.71. The number of piperazine rings is 2. The van der Waals surface area contributed by atoms with Crippen molar-refractivity contribution < 1.29 is 17.9 Å². The Hall–Kier alpha value is -0.700. The molecule has 2 heterocycles. The van der Waals surface area contributed by atoms with Crippen LogP contribution in [-0.4, -0.2) is 92.7 Å². The van der Waals surface area contributed by atoms with Crippen molar-refractivity contribution in [3.8, 4) is 0 Å². The number of amides is 1. The molecule has 0 spiro atoms. The van der Waals surface area contributed by atoms with Gasteiger partial charge in [0.2, 0.25) is 15.9 Å². The minimum Gasteiger partial charge on any atom is -0.375 e. The van der Waals surface area contributed by atoms with Crippen molar-refractivity contribution in [1.29, 1.82) is 0 Å². The van der Waals surface area contributed by atoms with Gasteiger partial charge in [-0.15, -0.1) is 0 Å². The average Bonchev–Trinajstić information content (AvgIpc) is 2.36. The second-order valence-corrected chi connectivity index (χ2v) is 8.47. The summed E-state index contributed by atoms with van der Waals surface area (Å²) in [5, 5.41) is 0. The van der Waals surface area contributed by atoms with Gasteiger partial charge < -0.3 is 9.64 Å². The zero-order valence-electron chi connectivity index (χ0n) is 13.2. The maximum atomic E-state index is 12.0. The molecule has 0 saturated carbocycles. The van der Waals surface area contributed by atoms with Crippen LogP contribution in [0.2, 0.25) is 0 Å². The molecule has 0 aliphatic carbocycles. The monoisotopic (exact) mass is 319 g/mol. The molecule has 0 aromatic carbocycles. The zero-order valence-corrected chi connectivity index (χ0v) is 14.0. The van der Waals surface area contributed by atoms with Crippen LogP contribution in [0.3, 0.4) is 0 Å². The zero-order chi connectivity index (χ0) is 15.8. The van der Waals surface area contributed by atoms with Crippen molar-refractivity contribution in [2.75, 3.05) is 52.7 Å². The summed E-state index contributed by atoms with van der Waals surface area (Å²) in [5.41, 5.74) is -0.220. The van der Waals surface area contributed by atoms with Gasteiger partial charge in [0.25, 0.3) is 0 Å². The molecule has 2 aliphatic rings. The number of hydrogen-bond acceptors (Lipinski definition) is 5. The molecule has 21 heavy (non-hydrogen) atoms. The van der Waals surface area contributed by atoms with Crippen molar-refractivity contribution in [1.82, 2.24) is 14.1 Å². The van der Waals surface area contributed by atoms with Gasteiger partial charge in [-0.25, -0.2) is 8.42 Å². The maximum Gasteiger partial charge on any atom is 0.248 e. The highest BCUT2D eigenvalue weighted by Crippen LogP contribution is 2.29.